The molecule has 0 bridgehead atoms. The molecule has 0 aliphatic rings. The van der Waals surface area contributed by atoms with E-state index in [1.165, 1.54) is 0 Å². The second-order valence-corrected chi connectivity index (χ2v) is 9.44. The molecule has 12 N–H and O–H groups in total. The molecule has 14 nitrogen and oxygen atoms in total. The Hall–Kier alpha value is -4.20. The maximum absolute atomic E-state index is 13.1. The number of rotatable bonds is 17. The first-order chi connectivity index (χ1) is 18.3. The van der Waals surface area contributed by atoms with E-state index in [4.69, 9.17) is 22.9 Å². The molecule has 0 aromatic heterocycles. The third kappa shape index (κ3) is 12.7. The average Bonchev–Trinajstić information content (AvgIpc) is 2.86. The molecule has 1 aromatic carbocycles. The molecule has 0 saturated heterocycles. The molecule has 1 rings (SSSR count). The van der Waals surface area contributed by atoms with Crippen LogP contribution in [0.25, 0.3) is 0 Å². The second-order valence-electron chi connectivity index (χ2n) is 9.44. The van der Waals surface area contributed by atoms with Gasteiger partial charge in [0.25, 0.3) is 0 Å². The monoisotopic (exact) mass is 548 g/mol. The Morgan fingerprint density at radius 2 is 1.49 bits per heavy atom. The van der Waals surface area contributed by atoms with Crippen molar-refractivity contribution in [3.63, 3.8) is 0 Å². The van der Waals surface area contributed by atoms with Crippen molar-refractivity contribution in [3.8, 4) is 0 Å². The fourth-order valence-electron chi connectivity index (χ4n) is 3.58. The molecule has 0 aliphatic heterocycles. The summed E-state index contributed by atoms with van der Waals surface area (Å²) in [5.74, 6) is -4.54. The molecule has 0 saturated carbocycles. The summed E-state index contributed by atoms with van der Waals surface area (Å²) >= 11 is 0. The van der Waals surface area contributed by atoms with Gasteiger partial charge in [-0.1, -0.05) is 44.2 Å². The van der Waals surface area contributed by atoms with Crippen molar-refractivity contribution in [2.24, 2.45) is 33.8 Å². The van der Waals surface area contributed by atoms with Crippen LogP contribution in [0, 0.1) is 5.92 Å². The summed E-state index contributed by atoms with van der Waals surface area (Å²) in [6.07, 6.45) is 0.288. The lowest BCUT2D eigenvalue weighted by atomic mass is 10.0. The Bertz CT molecular complexity index is 1010. The highest BCUT2D eigenvalue weighted by Gasteiger charge is 2.31. The molecule has 4 atom stereocenters. The average molecular weight is 549 g/mol. The molecule has 216 valence electrons. The van der Waals surface area contributed by atoms with Gasteiger partial charge in [-0.15, -0.1) is 0 Å². The van der Waals surface area contributed by atoms with Gasteiger partial charge < -0.3 is 44.0 Å². The minimum atomic E-state index is -1.29. The van der Waals surface area contributed by atoms with Gasteiger partial charge in [0.15, 0.2) is 5.96 Å². The van der Waals surface area contributed by atoms with Gasteiger partial charge >= 0.3 is 5.97 Å². The molecule has 0 fully saturated rings. The first-order valence-electron chi connectivity index (χ1n) is 12.6. The number of aliphatic imine (C=N–C) groups is 1. The van der Waals surface area contributed by atoms with E-state index in [1.807, 2.05) is 0 Å². The third-order valence-electron chi connectivity index (χ3n) is 5.76. The van der Waals surface area contributed by atoms with Gasteiger partial charge in [-0.05, 0) is 30.7 Å². The molecule has 0 aliphatic carbocycles. The smallest absolute Gasteiger partial charge is 0.326 e. The maximum atomic E-state index is 13.1. The highest BCUT2D eigenvalue weighted by Crippen LogP contribution is 2.08. The van der Waals surface area contributed by atoms with Crippen molar-refractivity contribution in [2.45, 2.75) is 70.1 Å². The second kappa shape index (κ2) is 16.6. The highest BCUT2D eigenvalue weighted by atomic mass is 16.4. The number of nitrogens with zero attached hydrogens (tertiary/aromatic N) is 1. The maximum Gasteiger partial charge on any atom is 0.326 e. The summed E-state index contributed by atoms with van der Waals surface area (Å²) in [6, 6.07) is 4.12. The molecule has 1 aromatic rings. The van der Waals surface area contributed by atoms with Crippen molar-refractivity contribution in [3.05, 3.63) is 35.9 Å². The van der Waals surface area contributed by atoms with Gasteiger partial charge in [-0.3, -0.25) is 24.2 Å². The van der Waals surface area contributed by atoms with Gasteiger partial charge in [0, 0.05) is 19.4 Å². The van der Waals surface area contributed by atoms with E-state index >= 15 is 0 Å². The SMILES string of the molecule is CC(C)C(NC(=O)C(N)CCCN=C(N)N)C(=O)NC(CCC(N)=O)C(=O)NC(Cc1ccccc1)C(=O)O. The van der Waals surface area contributed by atoms with Crippen molar-refractivity contribution in [1.82, 2.24) is 16.0 Å². The predicted octanol–water partition coefficient (Wildman–Crippen LogP) is -1.93. The zero-order valence-electron chi connectivity index (χ0n) is 22.3. The number of carbonyl (C=O) groups is 5. The van der Waals surface area contributed by atoms with Crippen LogP contribution in [-0.4, -0.2) is 71.4 Å². The Balaban J connectivity index is 2.93. The summed E-state index contributed by atoms with van der Waals surface area (Å²) in [5.41, 5.74) is 22.4. The standard InChI is InChI=1S/C25H40N8O6/c1-14(2)20(33-21(35)16(26)9-6-12-30-25(28)29)23(37)31-17(10-11-19(27)34)22(36)32-18(24(38)39)13-15-7-4-3-5-8-15/h3-5,7-8,14,16-18,20H,6,9-13,26H2,1-2H3,(H2,27,34)(H,31,37)(H,32,36)(H,33,35)(H,38,39)(H4,28,29,30). The molecule has 4 amide bonds. The minimum absolute atomic E-state index is 0.00412. The summed E-state index contributed by atoms with van der Waals surface area (Å²) in [6.45, 7) is 3.66. The summed E-state index contributed by atoms with van der Waals surface area (Å²) in [5, 5.41) is 17.1. The van der Waals surface area contributed by atoms with E-state index in [-0.39, 0.29) is 38.2 Å². The minimum Gasteiger partial charge on any atom is -0.480 e. The number of benzene rings is 1. The van der Waals surface area contributed by atoms with Crippen LogP contribution in [0.2, 0.25) is 0 Å². The zero-order valence-corrected chi connectivity index (χ0v) is 22.3. The number of aliphatic carboxylic acids is 1. The van der Waals surface area contributed by atoms with Gasteiger partial charge in [-0.25, -0.2) is 4.79 Å². The van der Waals surface area contributed by atoms with Crippen LogP contribution in [0.15, 0.2) is 35.3 Å². The van der Waals surface area contributed by atoms with Crippen LogP contribution in [0.1, 0.15) is 45.1 Å². The van der Waals surface area contributed by atoms with Crippen LogP contribution in [0.3, 0.4) is 0 Å². The van der Waals surface area contributed by atoms with Crippen molar-refractivity contribution in [2.75, 3.05) is 6.54 Å². The molecular weight excluding hydrogens is 508 g/mol. The Kier molecular flexibility index (Phi) is 14.0. The van der Waals surface area contributed by atoms with E-state index in [2.05, 4.69) is 20.9 Å². The van der Waals surface area contributed by atoms with Gasteiger partial charge in [0.2, 0.25) is 23.6 Å². The van der Waals surface area contributed by atoms with Gasteiger partial charge in [0.1, 0.15) is 18.1 Å². The first-order valence-corrected chi connectivity index (χ1v) is 12.6. The number of carboxylic acid groups (broad SMARTS) is 1. The summed E-state index contributed by atoms with van der Waals surface area (Å²) in [4.78, 5) is 65.8. The van der Waals surface area contributed by atoms with Crippen molar-refractivity contribution < 1.29 is 29.1 Å². The van der Waals surface area contributed by atoms with Crippen molar-refractivity contribution >= 4 is 35.6 Å². The number of guanidine groups is 1. The van der Waals surface area contributed by atoms with E-state index in [9.17, 15) is 29.1 Å². The fourth-order valence-corrected chi connectivity index (χ4v) is 3.58. The first kappa shape index (κ1) is 32.8. The summed E-state index contributed by atoms with van der Waals surface area (Å²) < 4.78 is 0. The quantitative estimate of drug-likeness (QED) is 0.0611. The number of hydrogen-bond donors (Lipinski definition) is 8. The number of primary amides is 1. The number of carboxylic acids is 1. The van der Waals surface area contributed by atoms with E-state index in [0.717, 1.165) is 0 Å². The Labute approximate surface area is 227 Å². The molecule has 4 unspecified atom stereocenters. The normalized spacial score (nSPS) is 13.8. The number of carbonyl (C=O) groups excluding carboxylic acids is 4. The number of nitrogens with two attached hydrogens (primary N) is 4. The van der Waals surface area contributed by atoms with Gasteiger partial charge in [0.05, 0.1) is 6.04 Å². The third-order valence-corrected chi connectivity index (χ3v) is 5.76. The lowest BCUT2D eigenvalue weighted by Gasteiger charge is -2.27. The molecule has 39 heavy (non-hydrogen) atoms. The molecule has 0 heterocycles. The van der Waals surface area contributed by atoms with Crippen LogP contribution in [0.5, 0.6) is 0 Å². The molecular formula is C25H40N8O6. The Morgan fingerprint density at radius 1 is 0.872 bits per heavy atom. The lowest BCUT2D eigenvalue weighted by molar-refractivity contribution is -0.142. The van der Waals surface area contributed by atoms with E-state index in [1.54, 1.807) is 44.2 Å². The number of hydrogen-bond acceptors (Lipinski definition) is 7. The van der Waals surface area contributed by atoms with Gasteiger partial charge in [-0.2, -0.15) is 0 Å². The van der Waals surface area contributed by atoms with E-state index in [0.29, 0.717) is 12.0 Å². The van der Waals surface area contributed by atoms with Crippen molar-refractivity contribution in [1.29, 1.82) is 0 Å². The zero-order chi connectivity index (χ0) is 29.5. The van der Waals surface area contributed by atoms with Crippen LogP contribution in [-0.2, 0) is 30.4 Å². The fraction of sp³-hybridized carbons (Fsp3) is 0.520. The summed E-state index contributed by atoms with van der Waals surface area (Å²) in [7, 11) is 0. The highest BCUT2D eigenvalue weighted by molar-refractivity contribution is 5.94. The van der Waals surface area contributed by atoms with Crippen LogP contribution >= 0.6 is 0 Å². The number of amides is 4. The molecule has 0 radical (unpaired) electrons. The largest absolute Gasteiger partial charge is 0.480 e. The topological polar surface area (TPSA) is 258 Å². The van der Waals surface area contributed by atoms with Crippen LogP contribution in [0.4, 0.5) is 0 Å². The molecule has 0 spiro atoms. The lowest BCUT2D eigenvalue weighted by Crippen LogP contribution is -2.58. The van der Waals surface area contributed by atoms with Crippen LogP contribution < -0.4 is 38.9 Å². The number of nitrogens with one attached hydrogen (secondary N) is 3. The predicted molar refractivity (Wildman–Crippen MR) is 145 cm³/mol. The Morgan fingerprint density at radius 3 is 2.03 bits per heavy atom. The molecule has 14 heteroatoms. The van der Waals surface area contributed by atoms with E-state index < -0.39 is 59.7 Å².